The van der Waals surface area contributed by atoms with Crippen LogP contribution >= 0.6 is 0 Å². The molecule has 2 amide bonds. The molecule has 1 unspecified atom stereocenters. The molecule has 0 saturated carbocycles. The number of amides is 2. The van der Waals surface area contributed by atoms with Gasteiger partial charge in [0, 0.05) is 26.2 Å². The van der Waals surface area contributed by atoms with Gasteiger partial charge < -0.3 is 19.1 Å². The van der Waals surface area contributed by atoms with E-state index < -0.39 is 28.9 Å². The van der Waals surface area contributed by atoms with E-state index in [1.165, 1.54) is 0 Å². The monoisotopic (exact) mass is 502 g/mol. The van der Waals surface area contributed by atoms with Gasteiger partial charge in [0.25, 0.3) is 0 Å². The molecule has 1 aromatic carbocycles. The van der Waals surface area contributed by atoms with Crippen LogP contribution in [0.4, 0.5) is 18.0 Å². The van der Waals surface area contributed by atoms with Gasteiger partial charge in [-0.3, -0.25) is 4.79 Å². The van der Waals surface area contributed by atoms with Gasteiger partial charge in [-0.1, -0.05) is 6.07 Å². The molecule has 1 atom stereocenters. The van der Waals surface area contributed by atoms with Crippen LogP contribution in [0.1, 0.15) is 51.2 Å². The van der Waals surface area contributed by atoms with Crippen LogP contribution in [-0.2, 0) is 33.5 Å². The fourth-order valence-electron chi connectivity index (χ4n) is 4.35. The average Bonchev–Trinajstić information content (AvgIpc) is 2.97. The minimum absolute atomic E-state index is 0.00233. The van der Waals surface area contributed by atoms with Gasteiger partial charge in [0.1, 0.15) is 11.4 Å². The molecule has 1 fully saturated rings. The summed E-state index contributed by atoms with van der Waals surface area (Å²) >= 11 is -1.22. The second-order valence-electron chi connectivity index (χ2n) is 9.97. The Kier molecular flexibility index (Phi) is 8.44. The first-order chi connectivity index (χ1) is 15.8. The number of likely N-dealkylation sites (tertiary alicyclic amines) is 1. The fourth-order valence-corrected chi connectivity index (χ4v) is 5.62. The zero-order valence-corrected chi connectivity index (χ0v) is 20.8. The number of nitrogens with zero attached hydrogens (tertiary/aromatic N) is 2. The maximum absolute atomic E-state index is 12.9. The molecule has 0 radical (unpaired) electrons. The highest BCUT2D eigenvalue weighted by Crippen LogP contribution is 2.27. The third kappa shape index (κ3) is 7.28. The Bertz CT molecular complexity index is 880. The molecule has 190 valence electrons. The lowest BCUT2D eigenvalue weighted by Crippen LogP contribution is -2.42. The van der Waals surface area contributed by atoms with Crippen LogP contribution in [-0.4, -0.2) is 70.1 Å². The van der Waals surface area contributed by atoms with Gasteiger partial charge in [0.05, 0.1) is 0 Å². The van der Waals surface area contributed by atoms with Gasteiger partial charge in [-0.05, 0) is 93.2 Å². The summed E-state index contributed by atoms with van der Waals surface area (Å²) < 4.78 is 56.6. The number of alkyl halides is 3. The Morgan fingerprint density at radius 1 is 1.03 bits per heavy atom. The van der Waals surface area contributed by atoms with E-state index in [1.54, 1.807) is 11.0 Å². The highest BCUT2D eigenvalue weighted by molar-refractivity contribution is 7.91. The van der Waals surface area contributed by atoms with E-state index in [9.17, 15) is 27.3 Å². The molecule has 0 aliphatic carbocycles. The summed E-state index contributed by atoms with van der Waals surface area (Å²) in [6.45, 7) is 6.79. The lowest BCUT2D eigenvalue weighted by atomic mass is 9.95. The van der Waals surface area contributed by atoms with Crippen LogP contribution in [0.15, 0.2) is 23.1 Å². The lowest BCUT2D eigenvalue weighted by molar-refractivity contribution is -0.185. The van der Waals surface area contributed by atoms with Gasteiger partial charge in [-0.15, -0.1) is 0 Å². The maximum atomic E-state index is 12.9. The van der Waals surface area contributed by atoms with Crippen LogP contribution in [0.5, 0.6) is 0 Å². The maximum Gasteiger partial charge on any atom is 0.471 e. The van der Waals surface area contributed by atoms with Crippen LogP contribution < -0.4 is 0 Å². The largest absolute Gasteiger partial charge is 0.611 e. The molecular formula is C24H33F3N2O4S. The zero-order chi connectivity index (χ0) is 25.1. The van der Waals surface area contributed by atoms with E-state index in [4.69, 9.17) is 4.74 Å². The molecule has 3 rings (SSSR count). The predicted octanol–water partition coefficient (Wildman–Crippen LogP) is 4.32. The van der Waals surface area contributed by atoms with E-state index in [2.05, 4.69) is 0 Å². The molecule has 2 aliphatic heterocycles. The number of ether oxygens (including phenoxy) is 1. The minimum Gasteiger partial charge on any atom is -0.611 e. The van der Waals surface area contributed by atoms with Gasteiger partial charge in [-0.2, -0.15) is 13.2 Å². The van der Waals surface area contributed by atoms with E-state index in [0.717, 1.165) is 35.3 Å². The molecule has 2 aliphatic rings. The molecule has 1 saturated heterocycles. The van der Waals surface area contributed by atoms with Crippen LogP contribution in [0.25, 0.3) is 0 Å². The molecule has 0 bridgehead atoms. The Morgan fingerprint density at radius 3 is 2.24 bits per heavy atom. The van der Waals surface area contributed by atoms with Gasteiger partial charge in [-0.25, -0.2) is 4.79 Å². The number of fused-ring (bicyclic) bond motifs is 1. The smallest absolute Gasteiger partial charge is 0.471 e. The van der Waals surface area contributed by atoms with Crippen LogP contribution in [0.2, 0.25) is 0 Å². The van der Waals surface area contributed by atoms with Crippen molar-refractivity contribution in [2.24, 2.45) is 5.92 Å². The highest BCUT2D eigenvalue weighted by atomic mass is 32.2. The predicted molar refractivity (Wildman–Crippen MR) is 123 cm³/mol. The third-order valence-corrected chi connectivity index (χ3v) is 7.64. The number of halogens is 3. The van der Waals surface area contributed by atoms with Crippen molar-refractivity contribution in [2.75, 3.05) is 31.9 Å². The number of carbonyl (C=O) groups is 2. The van der Waals surface area contributed by atoms with Crippen LogP contribution in [0.3, 0.4) is 0 Å². The van der Waals surface area contributed by atoms with Crippen molar-refractivity contribution in [1.29, 1.82) is 0 Å². The molecule has 2 heterocycles. The van der Waals surface area contributed by atoms with Crippen molar-refractivity contribution in [1.82, 2.24) is 9.80 Å². The van der Waals surface area contributed by atoms with Crippen molar-refractivity contribution in [3.05, 3.63) is 29.3 Å². The number of hydrogen-bond acceptors (Lipinski definition) is 4. The summed E-state index contributed by atoms with van der Waals surface area (Å²) in [5.74, 6) is -0.929. The van der Waals surface area contributed by atoms with Crippen molar-refractivity contribution in [2.45, 2.75) is 69.5 Å². The Hall–Kier alpha value is -1.94. The van der Waals surface area contributed by atoms with Gasteiger partial charge >= 0.3 is 18.2 Å². The highest BCUT2D eigenvalue weighted by Gasteiger charge is 2.42. The quantitative estimate of drug-likeness (QED) is 0.575. The average molecular weight is 503 g/mol. The molecule has 1 aromatic rings. The number of piperidine rings is 1. The first-order valence-corrected chi connectivity index (χ1v) is 13.0. The summed E-state index contributed by atoms with van der Waals surface area (Å²) in [5, 5.41) is 0. The van der Waals surface area contributed by atoms with Gasteiger partial charge in [0.15, 0.2) is 4.90 Å². The van der Waals surface area contributed by atoms with E-state index in [0.29, 0.717) is 42.5 Å². The summed E-state index contributed by atoms with van der Waals surface area (Å²) in [6.07, 6.45) is -2.06. The van der Waals surface area contributed by atoms with E-state index in [1.807, 2.05) is 32.9 Å². The standard InChI is InChI=1S/C24H33F3N2O4S/c1-23(2,3)33-22(31)29-11-6-17(7-12-29)10-15-34(32)20-5-4-18-8-13-28(14-9-19(18)16-20)21(30)24(25,26)27/h4-5,16-17H,6-15H2,1-3H3. The third-order valence-electron chi connectivity index (χ3n) is 6.25. The Labute approximate surface area is 202 Å². The molecule has 0 N–H and O–H groups in total. The first-order valence-electron chi connectivity index (χ1n) is 11.7. The molecule has 6 nitrogen and oxygen atoms in total. The summed E-state index contributed by atoms with van der Waals surface area (Å²) in [4.78, 5) is 27.0. The second kappa shape index (κ2) is 10.8. The fraction of sp³-hybridized carbons (Fsp3) is 0.667. The topological polar surface area (TPSA) is 72.9 Å². The number of carbonyl (C=O) groups excluding carboxylic acids is 2. The summed E-state index contributed by atoms with van der Waals surface area (Å²) in [5.41, 5.74) is 1.23. The molecule has 0 aromatic heterocycles. The second-order valence-corrected chi connectivity index (χ2v) is 11.5. The first kappa shape index (κ1) is 26.7. The normalized spacial score (nSPS) is 18.8. The number of hydrogen-bond donors (Lipinski definition) is 0. The number of benzene rings is 1. The SMILES string of the molecule is CC(C)(C)OC(=O)N1CCC(CC[S+]([O-])c2ccc3c(c2)CCN(C(=O)C(F)(F)F)CC3)CC1. The number of rotatable bonds is 4. The van der Waals surface area contributed by atoms with Crippen molar-refractivity contribution in [3.63, 3.8) is 0 Å². The lowest BCUT2D eigenvalue weighted by Gasteiger charge is -2.33. The zero-order valence-electron chi connectivity index (χ0n) is 20.0. The van der Waals surface area contributed by atoms with Crippen molar-refractivity contribution >= 4 is 23.2 Å². The van der Waals surface area contributed by atoms with Crippen molar-refractivity contribution in [3.8, 4) is 0 Å². The molecule has 10 heteroatoms. The molecule has 0 spiro atoms. The Morgan fingerprint density at radius 2 is 1.65 bits per heavy atom. The molecule has 34 heavy (non-hydrogen) atoms. The Balaban J connectivity index is 1.49. The summed E-state index contributed by atoms with van der Waals surface area (Å²) in [6, 6.07) is 5.42. The summed E-state index contributed by atoms with van der Waals surface area (Å²) in [7, 11) is 0. The van der Waals surface area contributed by atoms with E-state index in [-0.39, 0.29) is 19.2 Å². The minimum atomic E-state index is -4.87. The molecular weight excluding hydrogens is 469 g/mol. The van der Waals surface area contributed by atoms with Crippen LogP contribution in [0, 0.1) is 5.92 Å². The van der Waals surface area contributed by atoms with Gasteiger partial charge in [0.2, 0.25) is 0 Å². The van der Waals surface area contributed by atoms with Crippen molar-refractivity contribution < 1.29 is 32.0 Å². The van der Waals surface area contributed by atoms with E-state index >= 15 is 0 Å².